The number of nitrogens with zero attached hydrogens (tertiary/aromatic N) is 1. The molecule has 0 saturated heterocycles. The molecule has 1 aliphatic rings. The van der Waals surface area contributed by atoms with E-state index in [1.807, 2.05) is 27.8 Å². The molecule has 1 unspecified atom stereocenters. The second-order valence-electron chi connectivity index (χ2n) is 2.51. The third-order valence-electron chi connectivity index (χ3n) is 1.50. The Balaban J connectivity index is 2.12. The number of aliphatic imine (C=N–C) groups is 1. The van der Waals surface area contributed by atoms with Crippen LogP contribution in [0.2, 0.25) is 0 Å². The molecule has 0 bridgehead atoms. The molecule has 0 aromatic carbocycles. The summed E-state index contributed by atoms with van der Waals surface area (Å²) in [7, 11) is 3.74. The predicted molar refractivity (Wildman–Crippen MR) is 56.1 cm³/mol. The maximum absolute atomic E-state index is 4.22. The summed E-state index contributed by atoms with van der Waals surface area (Å²) in [5.41, 5.74) is 0. The fraction of sp³-hybridized carbons (Fsp3) is 0.625. The Hall–Kier alpha value is 0.110. The van der Waals surface area contributed by atoms with E-state index in [0.29, 0.717) is 0 Å². The van der Waals surface area contributed by atoms with Gasteiger partial charge in [0.2, 0.25) is 0 Å². The molecule has 0 amide bonds. The highest BCUT2D eigenvalue weighted by Crippen LogP contribution is 2.31. The van der Waals surface area contributed by atoms with E-state index in [0.717, 1.165) is 11.7 Å². The van der Waals surface area contributed by atoms with E-state index in [1.165, 1.54) is 11.5 Å². The first-order chi connectivity index (χ1) is 5.33. The van der Waals surface area contributed by atoms with Gasteiger partial charge in [0.25, 0.3) is 0 Å². The smallest absolute Gasteiger partial charge is 0.0875 e. The average molecular weight is 187 g/mol. The quantitative estimate of drug-likeness (QED) is 0.627. The van der Waals surface area contributed by atoms with Crippen LogP contribution in [0.4, 0.5) is 0 Å². The lowest BCUT2D eigenvalue weighted by Gasteiger charge is -2.05. The topological polar surface area (TPSA) is 12.4 Å². The minimum Gasteiger partial charge on any atom is -0.254 e. The van der Waals surface area contributed by atoms with Crippen LogP contribution in [-0.4, -0.2) is 10.3 Å². The van der Waals surface area contributed by atoms with E-state index in [-0.39, 0.29) is 0 Å². The normalized spacial score (nSPS) is 18.5. The molecule has 0 N–H and O–H groups in total. The highest BCUT2D eigenvalue weighted by atomic mass is 33.1. The highest BCUT2D eigenvalue weighted by molar-refractivity contribution is 8.82. The van der Waals surface area contributed by atoms with Crippen LogP contribution in [0.5, 0.6) is 0 Å². The van der Waals surface area contributed by atoms with Crippen molar-refractivity contribution in [2.45, 2.75) is 31.9 Å². The van der Waals surface area contributed by atoms with Gasteiger partial charge in [-0.2, -0.15) is 0 Å². The molecular formula is C8H13NS2. The number of allylic oxidation sites excluding steroid dienone is 1. The van der Waals surface area contributed by atoms with Crippen molar-refractivity contribution in [3.05, 3.63) is 12.3 Å². The van der Waals surface area contributed by atoms with Crippen molar-refractivity contribution in [3.63, 3.8) is 0 Å². The SMILES string of the molecule is CCC(C)SSC1=NC=CC1. The van der Waals surface area contributed by atoms with Gasteiger partial charge in [-0.15, -0.1) is 0 Å². The van der Waals surface area contributed by atoms with Crippen molar-refractivity contribution >= 4 is 26.6 Å². The van der Waals surface area contributed by atoms with Gasteiger partial charge in [0.05, 0.1) is 5.04 Å². The average Bonchev–Trinajstić information content (AvgIpc) is 2.52. The Morgan fingerprint density at radius 3 is 3.09 bits per heavy atom. The second-order valence-corrected chi connectivity index (χ2v) is 5.22. The molecule has 0 saturated carbocycles. The van der Waals surface area contributed by atoms with Crippen molar-refractivity contribution < 1.29 is 0 Å². The Kier molecular flexibility index (Phi) is 4.08. The van der Waals surface area contributed by atoms with Gasteiger partial charge < -0.3 is 0 Å². The van der Waals surface area contributed by atoms with Crippen molar-refractivity contribution in [3.8, 4) is 0 Å². The van der Waals surface area contributed by atoms with Crippen LogP contribution < -0.4 is 0 Å². The minimum absolute atomic E-state index is 0.739. The monoisotopic (exact) mass is 187 g/mol. The molecule has 1 heterocycles. The van der Waals surface area contributed by atoms with E-state index in [2.05, 4.69) is 24.9 Å². The van der Waals surface area contributed by atoms with Crippen LogP contribution in [0, 0.1) is 0 Å². The van der Waals surface area contributed by atoms with E-state index in [9.17, 15) is 0 Å². The Morgan fingerprint density at radius 1 is 1.73 bits per heavy atom. The number of hydrogen-bond donors (Lipinski definition) is 0. The Labute approximate surface area is 76.1 Å². The molecule has 0 aromatic heterocycles. The molecule has 1 rings (SSSR count). The molecule has 0 fully saturated rings. The summed E-state index contributed by atoms with van der Waals surface area (Å²) >= 11 is 0. The molecule has 0 radical (unpaired) electrons. The zero-order chi connectivity index (χ0) is 8.10. The standard InChI is InChI=1S/C8H13NS2/c1-3-7(2)10-11-8-5-4-6-9-8/h4,6-7H,3,5H2,1-2H3. The maximum Gasteiger partial charge on any atom is 0.0875 e. The summed E-state index contributed by atoms with van der Waals surface area (Å²) in [5.74, 6) is 0. The first-order valence-corrected chi connectivity index (χ1v) is 6.09. The zero-order valence-electron chi connectivity index (χ0n) is 6.91. The van der Waals surface area contributed by atoms with Crippen LogP contribution in [-0.2, 0) is 0 Å². The Bertz CT molecular complexity index is 175. The largest absolute Gasteiger partial charge is 0.254 e. The summed E-state index contributed by atoms with van der Waals surface area (Å²) < 4.78 is 0. The number of hydrogen-bond acceptors (Lipinski definition) is 3. The molecular weight excluding hydrogens is 174 g/mol. The first kappa shape index (κ1) is 9.20. The highest BCUT2D eigenvalue weighted by Gasteiger charge is 2.05. The molecule has 62 valence electrons. The van der Waals surface area contributed by atoms with Crippen LogP contribution >= 0.6 is 21.6 Å². The maximum atomic E-state index is 4.22. The van der Waals surface area contributed by atoms with Crippen molar-refractivity contribution in [1.29, 1.82) is 0 Å². The van der Waals surface area contributed by atoms with Crippen LogP contribution in [0.15, 0.2) is 17.3 Å². The molecule has 1 aliphatic heterocycles. The minimum atomic E-state index is 0.739. The fourth-order valence-corrected chi connectivity index (χ4v) is 2.85. The molecule has 1 atom stereocenters. The van der Waals surface area contributed by atoms with E-state index in [4.69, 9.17) is 0 Å². The summed E-state index contributed by atoms with van der Waals surface area (Å²) in [6.45, 7) is 4.47. The summed E-state index contributed by atoms with van der Waals surface area (Å²) in [5, 5.41) is 1.98. The Morgan fingerprint density at radius 2 is 2.55 bits per heavy atom. The van der Waals surface area contributed by atoms with Crippen LogP contribution in [0.3, 0.4) is 0 Å². The second kappa shape index (κ2) is 4.88. The van der Waals surface area contributed by atoms with E-state index >= 15 is 0 Å². The van der Waals surface area contributed by atoms with Gasteiger partial charge in [0.15, 0.2) is 0 Å². The molecule has 11 heavy (non-hydrogen) atoms. The van der Waals surface area contributed by atoms with E-state index in [1.54, 1.807) is 0 Å². The van der Waals surface area contributed by atoms with Crippen LogP contribution in [0.1, 0.15) is 26.7 Å². The van der Waals surface area contributed by atoms with Gasteiger partial charge >= 0.3 is 0 Å². The van der Waals surface area contributed by atoms with Crippen LogP contribution in [0.25, 0.3) is 0 Å². The fourth-order valence-electron chi connectivity index (χ4n) is 0.603. The van der Waals surface area contributed by atoms with Gasteiger partial charge in [0, 0.05) is 17.9 Å². The third kappa shape index (κ3) is 3.34. The van der Waals surface area contributed by atoms with Gasteiger partial charge in [0.1, 0.15) is 0 Å². The molecule has 0 aliphatic carbocycles. The first-order valence-electron chi connectivity index (χ1n) is 3.88. The number of rotatable bonds is 3. The third-order valence-corrected chi connectivity index (χ3v) is 4.57. The molecule has 3 heteroatoms. The summed E-state index contributed by atoms with van der Waals surface area (Å²) in [6.07, 6.45) is 6.26. The van der Waals surface area contributed by atoms with Crippen molar-refractivity contribution in [2.75, 3.05) is 0 Å². The zero-order valence-corrected chi connectivity index (χ0v) is 8.54. The molecule has 0 aromatic rings. The van der Waals surface area contributed by atoms with Crippen molar-refractivity contribution in [2.24, 2.45) is 4.99 Å². The van der Waals surface area contributed by atoms with Gasteiger partial charge in [-0.05, 0) is 17.2 Å². The summed E-state index contributed by atoms with van der Waals surface area (Å²) in [6, 6.07) is 0. The van der Waals surface area contributed by atoms with Crippen molar-refractivity contribution in [1.82, 2.24) is 0 Å². The van der Waals surface area contributed by atoms with Gasteiger partial charge in [-0.3, -0.25) is 4.99 Å². The lowest BCUT2D eigenvalue weighted by atomic mass is 10.4. The lowest BCUT2D eigenvalue weighted by molar-refractivity contribution is 0.912. The van der Waals surface area contributed by atoms with E-state index < -0.39 is 0 Å². The molecule has 1 nitrogen and oxygen atoms in total. The summed E-state index contributed by atoms with van der Waals surface area (Å²) in [4.78, 5) is 4.22. The predicted octanol–water partition coefficient (Wildman–Crippen LogP) is 3.48. The van der Waals surface area contributed by atoms with Gasteiger partial charge in [-0.25, -0.2) is 0 Å². The van der Waals surface area contributed by atoms with Gasteiger partial charge in [-0.1, -0.05) is 30.7 Å². The lowest BCUT2D eigenvalue weighted by Crippen LogP contribution is -1.91. The molecule has 0 spiro atoms.